The summed E-state index contributed by atoms with van der Waals surface area (Å²) in [4.78, 5) is 4.16. The Bertz CT molecular complexity index is 578. The van der Waals surface area contributed by atoms with Crippen LogP contribution in [0.4, 0.5) is 0 Å². The van der Waals surface area contributed by atoms with Crippen LogP contribution in [-0.2, 0) is 6.61 Å². The van der Waals surface area contributed by atoms with Gasteiger partial charge in [0.15, 0.2) is 0 Å². The van der Waals surface area contributed by atoms with Crippen LogP contribution >= 0.6 is 11.6 Å². The zero-order valence-corrected chi connectivity index (χ0v) is 12.8. The first kappa shape index (κ1) is 14.9. The fourth-order valence-corrected chi connectivity index (χ4v) is 2.25. The second-order valence-corrected chi connectivity index (χ2v) is 5.58. The van der Waals surface area contributed by atoms with E-state index >= 15 is 0 Å². The Hall–Kier alpha value is -1.52. The summed E-state index contributed by atoms with van der Waals surface area (Å²) in [6, 6.07) is 5.74. The molecule has 2 rings (SSSR count). The van der Waals surface area contributed by atoms with Gasteiger partial charge in [-0.3, -0.25) is 0 Å². The van der Waals surface area contributed by atoms with E-state index in [2.05, 4.69) is 23.4 Å². The quantitative estimate of drug-likeness (QED) is 0.914. The molecule has 1 heterocycles. The van der Waals surface area contributed by atoms with Crippen LogP contribution in [0.15, 0.2) is 30.7 Å². The van der Waals surface area contributed by atoms with Crippen LogP contribution in [-0.4, -0.2) is 9.55 Å². The van der Waals surface area contributed by atoms with Crippen molar-refractivity contribution in [1.29, 1.82) is 0 Å². The molecule has 20 heavy (non-hydrogen) atoms. The number of nitrogens with two attached hydrogens (primary N) is 1. The van der Waals surface area contributed by atoms with Gasteiger partial charge in [-0.2, -0.15) is 0 Å². The van der Waals surface area contributed by atoms with Crippen molar-refractivity contribution < 1.29 is 4.74 Å². The molecule has 1 aromatic heterocycles. The first-order chi connectivity index (χ1) is 9.49. The first-order valence-corrected chi connectivity index (χ1v) is 7.05. The first-order valence-electron chi connectivity index (χ1n) is 6.67. The SMILES string of the molecule is CC(C)n1cncc1COc1ccc(Cl)cc1[C@H](C)N. The second kappa shape index (κ2) is 6.29. The van der Waals surface area contributed by atoms with E-state index in [0.29, 0.717) is 17.7 Å². The summed E-state index contributed by atoms with van der Waals surface area (Å²) in [5.74, 6) is 0.765. The van der Waals surface area contributed by atoms with E-state index in [4.69, 9.17) is 22.1 Å². The average Bonchev–Trinajstić information content (AvgIpc) is 2.85. The van der Waals surface area contributed by atoms with E-state index in [1.165, 1.54) is 0 Å². The molecule has 0 fully saturated rings. The van der Waals surface area contributed by atoms with Crippen molar-refractivity contribution in [3.63, 3.8) is 0 Å². The van der Waals surface area contributed by atoms with Crippen molar-refractivity contribution >= 4 is 11.6 Å². The lowest BCUT2D eigenvalue weighted by Gasteiger charge is -2.16. The lowest BCUT2D eigenvalue weighted by molar-refractivity contribution is 0.288. The number of ether oxygens (including phenoxy) is 1. The standard InChI is InChI=1S/C15H20ClN3O/c1-10(2)19-9-18-7-13(19)8-20-15-5-4-12(16)6-14(15)11(3)17/h4-7,9-11H,8,17H2,1-3H3/t11-/m0/s1. The molecule has 0 aliphatic heterocycles. The molecular formula is C15H20ClN3O. The predicted molar refractivity (Wildman–Crippen MR) is 81.0 cm³/mol. The van der Waals surface area contributed by atoms with Gasteiger partial charge in [0.05, 0.1) is 18.2 Å². The normalized spacial score (nSPS) is 12.7. The maximum Gasteiger partial charge on any atom is 0.130 e. The molecule has 0 saturated heterocycles. The lowest BCUT2D eigenvalue weighted by Crippen LogP contribution is -2.10. The van der Waals surface area contributed by atoms with Crippen LogP contribution in [0.2, 0.25) is 5.02 Å². The van der Waals surface area contributed by atoms with E-state index in [1.54, 1.807) is 0 Å². The number of benzene rings is 1. The van der Waals surface area contributed by atoms with Gasteiger partial charge in [0.2, 0.25) is 0 Å². The zero-order valence-electron chi connectivity index (χ0n) is 12.0. The van der Waals surface area contributed by atoms with Gasteiger partial charge in [-0.25, -0.2) is 4.98 Å². The van der Waals surface area contributed by atoms with Crippen molar-refractivity contribution in [3.8, 4) is 5.75 Å². The second-order valence-electron chi connectivity index (χ2n) is 5.15. The number of rotatable bonds is 5. The monoisotopic (exact) mass is 293 g/mol. The molecular weight excluding hydrogens is 274 g/mol. The maximum atomic E-state index is 6.00. The van der Waals surface area contributed by atoms with Crippen molar-refractivity contribution in [2.75, 3.05) is 0 Å². The van der Waals surface area contributed by atoms with Crippen LogP contribution in [0.3, 0.4) is 0 Å². The minimum Gasteiger partial charge on any atom is -0.487 e. The van der Waals surface area contributed by atoms with Gasteiger partial charge in [-0.1, -0.05) is 11.6 Å². The zero-order chi connectivity index (χ0) is 14.7. The fraction of sp³-hybridized carbons (Fsp3) is 0.400. The molecule has 0 bridgehead atoms. The number of hydrogen-bond acceptors (Lipinski definition) is 3. The Labute approximate surface area is 124 Å². The minimum atomic E-state index is -0.126. The molecule has 4 nitrogen and oxygen atoms in total. The molecule has 2 N–H and O–H groups in total. The van der Waals surface area contributed by atoms with Crippen LogP contribution in [0.5, 0.6) is 5.75 Å². The maximum absolute atomic E-state index is 6.00. The topological polar surface area (TPSA) is 53.1 Å². The number of aromatic nitrogens is 2. The molecule has 0 aliphatic rings. The summed E-state index contributed by atoms with van der Waals surface area (Å²) in [6.07, 6.45) is 3.64. The third kappa shape index (κ3) is 3.32. The Balaban J connectivity index is 2.17. The Morgan fingerprint density at radius 1 is 1.35 bits per heavy atom. The van der Waals surface area contributed by atoms with Gasteiger partial charge in [0.1, 0.15) is 12.4 Å². The smallest absolute Gasteiger partial charge is 0.130 e. The number of imidazole rings is 1. The highest BCUT2D eigenvalue weighted by molar-refractivity contribution is 6.30. The third-order valence-corrected chi connectivity index (χ3v) is 3.38. The Morgan fingerprint density at radius 3 is 2.75 bits per heavy atom. The molecule has 2 aromatic rings. The molecule has 0 radical (unpaired) electrons. The van der Waals surface area contributed by atoms with Crippen LogP contribution in [0.1, 0.15) is 44.1 Å². The molecule has 0 spiro atoms. The highest BCUT2D eigenvalue weighted by atomic mass is 35.5. The summed E-state index contributed by atoms with van der Waals surface area (Å²) < 4.78 is 7.97. The summed E-state index contributed by atoms with van der Waals surface area (Å²) >= 11 is 6.00. The van der Waals surface area contributed by atoms with Gasteiger partial charge in [-0.05, 0) is 39.0 Å². The lowest BCUT2D eigenvalue weighted by atomic mass is 10.1. The molecule has 1 aromatic carbocycles. The van der Waals surface area contributed by atoms with Crippen molar-refractivity contribution in [3.05, 3.63) is 47.0 Å². The van der Waals surface area contributed by atoms with Gasteiger partial charge in [-0.15, -0.1) is 0 Å². The average molecular weight is 294 g/mol. The number of nitrogens with zero attached hydrogens (tertiary/aromatic N) is 2. The van der Waals surface area contributed by atoms with Crippen molar-refractivity contribution in [2.45, 2.75) is 39.5 Å². The fourth-order valence-electron chi connectivity index (χ4n) is 2.07. The Kier molecular flexibility index (Phi) is 4.68. The molecule has 1 atom stereocenters. The predicted octanol–water partition coefficient (Wildman–Crippen LogP) is 3.72. The van der Waals surface area contributed by atoms with Crippen LogP contribution < -0.4 is 10.5 Å². The summed E-state index contributed by atoms with van der Waals surface area (Å²) in [5, 5.41) is 0.664. The Morgan fingerprint density at radius 2 is 2.10 bits per heavy atom. The van der Waals surface area contributed by atoms with Gasteiger partial charge in [0, 0.05) is 22.7 Å². The highest BCUT2D eigenvalue weighted by Crippen LogP contribution is 2.28. The van der Waals surface area contributed by atoms with E-state index < -0.39 is 0 Å². The van der Waals surface area contributed by atoms with Gasteiger partial charge in [0.25, 0.3) is 0 Å². The van der Waals surface area contributed by atoms with Gasteiger partial charge >= 0.3 is 0 Å². The van der Waals surface area contributed by atoms with E-state index in [1.807, 2.05) is 37.6 Å². The molecule has 0 unspecified atom stereocenters. The third-order valence-electron chi connectivity index (χ3n) is 3.14. The van der Waals surface area contributed by atoms with Crippen LogP contribution in [0.25, 0.3) is 0 Å². The van der Waals surface area contributed by atoms with Crippen LogP contribution in [0, 0.1) is 0 Å². The molecule has 0 aliphatic carbocycles. The van der Waals surface area contributed by atoms with E-state index in [9.17, 15) is 0 Å². The molecule has 108 valence electrons. The van der Waals surface area contributed by atoms with Gasteiger partial charge < -0.3 is 15.0 Å². The molecule has 0 saturated carbocycles. The summed E-state index contributed by atoms with van der Waals surface area (Å²) in [6.45, 7) is 6.60. The highest BCUT2D eigenvalue weighted by Gasteiger charge is 2.11. The van der Waals surface area contributed by atoms with E-state index in [0.717, 1.165) is 17.0 Å². The molecule has 0 amide bonds. The largest absolute Gasteiger partial charge is 0.487 e. The summed E-state index contributed by atoms with van der Waals surface area (Å²) in [5.41, 5.74) is 7.90. The molecule has 5 heteroatoms. The van der Waals surface area contributed by atoms with Crippen molar-refractivity contribution in [1.82, 2.24) is 9.55 Å². The van der Waals surface area contributed by atoms with Crippen molar-refractivity contribution in [2.24, 2.45) is 5.73 Å². The minimum absolute atomic E-state index is 0.126. The summed E-state index contributed by atoms with van der Waals surface area (Å²) in [7, 11) is 0. The number of hydrogen-bond donors (Lipinski definition) is 1. The van der Waals surface area contributed by atoms with E-state index in [-0.39, 0.29) is 6.04 Å². The number of halogens is 1.